The first-order valence-electron chi connectivity index (χ1n) is 6.25. The van der Waals surface area contributed by atoms with Gasteiger partial charge in [-0.3, -0.25) is 14.5 Å². The Morgan fingerprint density at radius 3 is 2.67 bits per heavy atom. The number of ketones is 1. The van der Waals surface area contributed by atoms with E-state index in [2.05, 4.69) is 0 Å². The molecule has 102 valence electrons. The van der Waals surface area contributed by atoms with E-state index in [1.807, 2.05) is 6.07 Å². The molecule has 0 spiro atoms. The van der Waals surface area contributed by atoms with Crippen LogP contribution in [-0.2, 0) is 11.3 Å². The first-order valence-corrected chi connectivity index (χ1v) is 6.25. The second-order valence-electron chi connectivity index (χ2n) is 4.67. The Morgan fingerprint density at radius 1 is 1.14 bits per heavy atom. The van der Waals surface area contributed by atoms with Crippen molar-refractivity contribution in [1.82, 2.24) is 0 Å². The lowest BCUT2D eigenvalue weighted by atomic mass is 10.1. The maximum Gasteiger partial charge on any atom is 0.299 e. The van der Waals surface area contributed by atoms with E-state index in [-0.39, 0.29) is 17.8 Å². The van der Waals surface area contributed by atoms with Crippen LogP contribution < -0.4 is 4.90 Å². The molecule has 3 rings (SSSR count). The Kier molecular flexibility index (Phi) is 2.99. The van der Waals surface area contributed by atoms with Gasteiger partial charge in [-0.2, -0.15) is 5.26 Å². The van der Waals surface area contributed by atoms with Gasteiger partial charge in [0.05, 0.1) is 29.4 Å². The summed E-state index contributed by atoms with van der Waals surface area (Å²) in [6, 6.07) is 12.7. The van der Waals surface area contributed by atoms with E-state index in [1.54, 1.807) is 24.3 Å². The fourth-order valence-corrected chi connectivity index (χ4v) is 2.38. The van der Waals surface area contributed by atoms with Crippen molar-refractivity contribution in [3.8, 4) is 6.07 Å². The average molecular weight is 280 g/mol. The molecule has 2 aromatic rings. The Morgan fingerprint density at radius 2 is 1.90 bits per heavy atom. The third-order valence-corrected chi connectivity index (χ3v) is 3.34. The molecule has 2 aromatic carbocycles. The van der Waals surface area contributed by atoms with E-state index < -0.39 is 17.5 Å². The molecule has 0 aromatic heterocycles. The van der Waals surface area contributed by atoms with Gasteiger partial charge in [-0.25, -0.2) is 4.39 Å². The minimum Gasteiger partial charge on any atom is -0.298 e. The molecule has 0 fully saturated rings. The Balaban J connectivity index is 2.02. The van der Waals surface area contributed by atoms with Gasteiger partial charge < -0.3 is 0 Å². The summed E-state index contributed by atoms with van der Waals surface area (Å²) in [5, 5.41) is 8.87. The van der Waals surface area contributed by atoms with Crippen molar-refractivity contribution in [2.24, 2.45) is 0 Å². The molecule has 0 atom stereocenters. The van der Waals surface area contributed by atoms with Crippen molar-refractivity contribution < 1.29 is 14.0 Å². The van der Waals surface area contributed by atoms with Gasteiger partial charge in [-0.15, -0.1) is 0 Å². The molecule has 0 saturated carbocycles. The van der Waals surface area contributed by atoms with Gasteiger partial charge in [0.2, 0.25) is 0 Å². The monoisotopic (exact) mass is 280 g/mol. The van der Waals surface area contributed by atoms with E-state index in [4.69, 9.17) is 5.26 Å². The van der Waals surface area contributed by atoms with E-state index in [9.17, 15) is 14.0 Å². The first kappa shape index (κ1) is 13.0. The van der Waals surface area contributed by atoms with Crippen molar-refractivity contribution in [2.45, 2.75) is 6.54 Å². The maximum atomic E-state index is 13.9. The molecule has 21 heavy (non-hydrogen) atoms. The summed E-state index contributed by atoms with van der Waals surface area (Å²) in [6.45, 7) is 0.0496. The van der Waals surface area contributed by atoms with Crippen LogP contribution in [0.2, 0.25) is 0 Å². The highest BCUT2D eigenvalue weighted by Crippen LogP contribution is 2.32. The zero-order valence-electron chi connectivity index (χ0n) is 10.8. The van der Waals surface area contributed by atoms with Crippen molar-refractivity contribution in [3.05, 3.63) is 65.0 Å². The van der Waals surface area contributed by atoms with Crippen LogP contribution in [0.15, 0.2) is 42.5 Å². The quantitative estimate of drug-likeness (QED) is 0.794. The third-order valence-electron chi connectivity index (χ3n) is 3.34. The number of fused-ring (bicyclic) bond motifs is 1. The van der Waals surface area contributed by atoms with E-state index >= 15 is 0 Å². The summed E-state index contributed by atoms with van der Waals surface area (Å²) >= 11 is 0. The number of benzene rings is 2. The number of para-hydroxylation sites is 1. The molecule has 0 saturated heterocycles. The van der Waals surface area contributed by atoms with Crippen LogP contribution in [0.1, 0.15) is 21.5 Å². The number of amides is 1. The van der Waals surface area contributed by atoms with Crippen LogP contribution in [-0.4, -0.2) is 11.7 Å². The summed E-state index contributed by atoms with van der Waals surface area (Å²) in [6.07, 6.45) is 0. The second kappa shape index (κ2) is 4.84. The van der Waals surface area contributed by atoms with Crippen LogP contribution in [0.4, 0.5) is 10.1 Å². The molecule has 4 nitrogen and oxygen atoms in total. The molecule has 0 radical (unpaired) electrons. The summed E-state index contributed by atoms with van der Waals surface area (Å²) in [5.41, 5.74) is 1.19. The summed E-state index contributed by atoms with van der Waals surface area (Å²) < 4.78 is 13.9. The van der Waals surface area contributed by atoms with Crippen LogP contribution in [0.3, 0.4) is 0 Å². The molecule has 0 N–H and O–H groups in total. The Hall–Kier alpha value is -3.00. The number of rotatable bonds is 2. The Bertz CT molecular complexity index is 808. The lowest BCUT2D eigenvalue weighted by Crippen LogP contribution is -2.29. The smallest absolute Gasteiger partial charge is 0.298 e. The van der Waals surface area contributed by atoms with Crippen molar-refractivity contribution in [3.63, 3.8) is 0 Å². The van der Waals surface area contributed by atoms with Crippen LogP contribution in [0.5, 0.6) is 0 Å². The molecular weight excluding hydrogens is 271 g/mol. The largest absolute Gasteiger partial charge is 0.299 e. The van der Waals surface area contributed by atoms with Gasteiger partial charge in [0.1, 0.15) is 5.82 Å². The van der Waals surface area contributed by atoms with Gasteiger partial charge in [-0.1, -0.05) is 18.2 Å². The van der Waals surface area contributed by atoms with Gasteiger partial charge in [0.25, 0.3) is 11.7 Å². The topological polar surface area (TPSA) is 61.2 Å². The van der Waals surface area contributed by atoms with Crippen molar-refractivity contribution in [1.29, 1.82) is 5.26 Å². The highest BCUT2D eigenvalue weighted by atomic mass is 19.1. The van der Waals surface area contributed by atoms with Crippen molar-refractivity contribution >= 4 is 17.4 Å². The fourth-order valence-electron chi connectivity index (χ4n) is 2.38. The van der Waals surface area contributed by atoms with Gasteiger partial charge in [-0.05, 0) is 29.8 Å². The first-order chi connectivity index (χ1) is 10.1. The predicted octanol–water partition coefficient (Wildman–Crippen LogP) is 2.43. The number of hydrogen-bond donors (Lipinski definition) is 0. The zero-order valence-corrected chi connectivity index (χ0v) is 10.8. The van der Waals surface area contributed by atoms with Crippen LogP contribution in [0, 0.1) is 17.1 Å². The molecule has 0 unspecified atom stereocenters. The molecule has 5 heteroatoms. The SMILES string of the molecule is N#Cc1cccc(CN2C(=O)C(=O)c3cccc(F)c32)c1. The lowest BCUT2D eigenvalue weighted by Gasteiger charge is -2.17. The summed E-state index contributed by atoms with van der Waals surface area (Å²) in [4.78, 5) is 25.0. The molecule has 1 amide bonds. The van der Waals surface area contributed by atoms with E-state index in [0.29, 0.717) is 11.1 Å². The molecule has 1 aliphatic rings. The standard InChI is InChI=1S/C16H9FN2O2/c17-13-6-2-5-12-14(13)19(16(21)15(12)20)9-11-4-1-3-10(7-11)8-18/h1-7H,9H2. The minimum absolute atomic E-state index is 0.00913. The van der Waals surface area contributed by atoms with Crippen molar-refractivity contribution in [2.75, 3.05) is 4.90 Å². The van der Waals surface area contributed by atoms with E-state index in [0.717, 1.165) is 4.90 Å². The normalized spacial score (nSPS) is 13.2. The number of halogens is 1. The molecule has 1 heterocycles. The number of anilines is 1. The van der Waals surface area contributed by atoms with Gasteiger partial charge >= 0.3 is 0 Å². The number of carbonyl (C=O) groups excluding carboxylic acids is 2. The summed E-state index contributed by atoms with van der Waals surface area (Å²) in [5.74, 6) is -2.07. The van der Waals surface area contributed by atoms with Gasteiger partial charge in [0.15, 0.2) is 0 Å². The third kappa shape index (κ3) is 2.07. The zero-order chi connectivity index (χ0) is 15.0. The molecule has 1 aliphatic heterocycles. The number of carbonyl (C=O) groups is 2. The second-order valence-corrected chi connectivity index (χ2v) is 4.67. The lowest BCUT2D eigenvalue weighted by molar-refractivity contribution is -0.114. The van der Waals surface area contributed by atoms with Crippen LogP contribution >= 0.6 is 0 Å². The highest BCUT2D eigenvalue weighted by molar-refractivity contribution is 6.52. The number of nitriles is 1. The highest BCUT2D eigenvalue weighted by Gasteiger charge is 2.37. The fraction of sp³-hybridized carbons (Fsp3) is 0.0625. The number of Topliss-reactive ketones (excluding diaryl/α,β-unsaturated/α-hetero) is 1. The molecule has 0 aliphatic carbocycles. The Labute approximate surface area is 120 Å². The maximum absolute atomic E-state index is 13.9. The predicted molar refractivity (Wildman–Crippen MR) is 73.1 cm³/mol. The summed E-state index contributed by atoms with van der Waals surface area (Å²) in [7, 11) is 0. The minimum atomic E-state index is -0.752. The van der Waals surface area contributed by atoms with Crippen LogP contribution in [0.25, 0.3) is 0 Å². The molecular formula is C16H9FN2O2. The number of nitrogens with zero attached hydrogens (tertiary/aromatic N) is 2. The molecule has 0 bridgehead atoms. The van der Waals surface area contributed by atoms with Gasteiger partial charge in [0, 0.05) is 0 Å². The number of hydrogen-bond acceptors (Lipinski definition) is 3. The average Bonchev–Trinajstić information content (AvgIpc) is 2.74. The van der Waals surface area contributed by atoms with E-state index in [1.165, 1.54) is 18.2 Å².